The number of carbonyl (C=O) groups is 1. The first-order valence-electron chi connectivity index (χ1n) is 10.3. The first kappa shape index (κ1) is 21.7. The van der Waals surface area contributed by atoms with Gasteiger partial charge in [0.05, 0.1) is 24.3 Å². The summed E-state index contributed by atoms with van der Waals surface area (Å²) in [6, 6.07) is 17.2. The van der Waals surface area contributed by atoms with E-state index in [1.807, 2.05) is 73.9 Å². The highest BCUT2D eigenvalue weighted by atomic mass is 32.2. The summed E-state index contributed by atoms with van der Waals surface area (Å²) in [6.45, 7) is 6.61. The number of aryl methyl sites for hydroxylation is 2. The summed E-state index contributed by atoms with van der Waals surface area (Å²) < 4.78 is 13.0. The monoisotopic (exact) mass is 448 g/mol. The van der Waals surface area contributed by atoms with Gasteiger partial charge in [-0.25, -0.2) is 0 Å². The number of thioether (sulfide) groups is 1. The number of benzene rings is 2. The van der Waals surface area contributed by atoms with Crippen molar-refractivity contribution < 1.29 is 13.9 Å². The van der Waals surface area contributed by atoms with Crippen LogP contribution in [0.15, 0.2) is 70.4 Å². The molecular weight excluding hydrogens is 424 g/mol. The average Bonchev–Trinajstić information content (AvgIpc) is 3.45. The second-order valence-electron chi connectivity index (χ2n) is 7.18. The number of furan rings is 1. The lowest BCUT2D eigenvalue weighted by molar-refractivity contribution is -0.113. The number of anilines is 1. The Hall–Kier alpha value is -3.52. The molecule has 0 saturated carbocycles. The van der Waals surface area contributed by atoms with Gasteiger partial charge in [-0.2, -0.15) is 0 Å². The molecular formula is C24H24N4O3S. The zero-order valence-corrected chi connectivity index (χ0v) is 19.0. The van der Waals surface area contributed by atoms with Gasteiger partial charge >= 0.3 is 0 Å². The third-order valence-corrected chi connectivity index (χ3v) is 5.83. The molecule has 2 aromatic carbocycles. The topological polar surface area (TPSA) is 82.2 Å². The van der Waals surface area contributed by atoms with Crippen LogP contribution in [-0.2, 0) is 4.79 Å². The third-order valence-electron chi connectivity index (χ3n) is 4.90. The fraction of sp³-hybridized carbons (Fsp3) is 0.208. The molecule has 7 nitrogen and oxygen atoms in total. The van der Waals surface area contributed by atoms with Crippen molar-refractivity contribution in [2.75, 3.05) is 17.7 Å². The van der Waals surface area contributed by atoms with E-state index in [4.69, 9.17) is 9.15 Å². The Morgan fingerprint density at radius 3 is 2.59 bits per heavy atom. The van der Waals surface area contributed by atoms with Crippen molar-refractivity contribution in [2.45, 2.75) is 25.9 Å². The highest BCUT2D eigenvalue weighted by molar-refractivity contribution is 7.99. The molecule has 0 aliphatic carbocycles. The molecule has 4 rings (SSSR count). The van der Waals surface area contributed by atoms with Crippen LogP contribution in [-0.4, -0.2) is 33.0 Å². The Balaban J connectivity index is 1.55. The van der Waals surface area contributed by atoms with Crippen molar-refractivity contribution >= 4 is 23.4 Å². The second-order valence-corrected chi connectivity index (χ2v) is 8.12. The highest BCUT2D eigenvalue weighted by Crippen LogP contribution is 2.29. The van der Waals surface area contributed by atoms with E-state index < -0.39 is 0 Å². The van der Waals surface area contributed by atoms with Crippen molar-refractivity contribution in [2.24, 2.45) is 0 Å². The van der Waals surface area contributed by atoms with Crippen LogP contribution < -0.4 is 10.1 Å². The van der Waals surface area contributed by atoms with E-state index in [9.17, 15) is 4.79 Å². The van der Waals surface area contributed by atoms with E-state index in [-0.39, 0.29) is 11.7 Å². The fourth-order valence-electron chi connectivity index (χ4n) is 3.17. The summed E-state index contributed by atoms with van der Waals surface area (Å²) in [5.74, 6) is 2.03. The Labute approximate surface area is 190 Å². The molecule has 0 aliphatic rings. The number of nitrogens with one attached hydrogen (secondary N) is 1. The van der Waals surface area contributed by atoms with Crippen molar-refractivity contribution in [3.63, 3.8) is 0 Å². The minimum absolute atomic E-state index is 0.112. The molecule has 0 atom stereocenters. The van der Waals surface area contributed by atoms with Crippen LogP contribution >= 0.6 is 11.8 Å². The number of ether oxygens (including phenoxy) is 1. The number of rotatable bonds is 8. The van der Waals surface area contributed by atoms with Gasteiger partial charge in [-0.15, -0.1) is 10.2 Å². The van der Waals surface area contributed by atoms with Crippen LogP contribution in [0.1, 0.15) is 18.1 Å². The van der Waals surface area contributed by atoms with Gasteiger partial charge in [0.15, 0.2) is 10.9 Å². The second kappa shape index (κ2) is 9.74. The molecule has 0 saturated heterocycles. The molecule has 0 bridgehead atoms. The third kappa shape index (κ3) is 4.86. The molecule has 0 unspecified atom stereocenters. The van der Waals surface area contributed by atoms with Gasteiger partial charge in [-0.05, 0) is 80.4 Å². The minimum atomic E-state index is -0.112. The zero-order chi connectivity index (χ0) is 22.5. The maximum Gasteiger partial charge on any atom is 0.234 e. The molecule has 32 heavy (non-hydrogen) atoms. The first-order valence-corrected chi connectivity index (χ1v) is 11.3. The Morgan fingerprint density at radius 2 is 1.91 bits per heavy atom. The smallest absolute Gasteiger partial charge is 0.234 e. The maximum atomic E-state index is 12.6. The number of carbonyl (C=O) groups excluding carboxylic acids is 1. The van der Waals surface area contributed by atoms with E-state index in [1.165, 1.54) is 17.3 Å². The Kier molecular flexibility index (Phi) is 6.61. The molecule has 1 N–H and O–H groups in total. The van der Waals surface area contributed by atoms with Gasteiger partial charge < -0.3 is 14.5 Å². The molecule has 2 aromatic heterocycles. The van der Waals surface area contributed by atoms with E-state index in [0.717, 1.165) is 22.7 Å². The summed E-state index contributed by atoms with van der Waals surface area (Å²) in [7, 11) is 0. The van der Waals surface area contributed by atoms with Crippen LogP contribution in [0.25, 0.3) is 17.3 Å². The zero-order valence-electron chi connectivity index (χ0n) is 18.2. The summed E-state index contributed by atoms with van der Waals surface area (Å²) in [5.41, 5.74) is 3.95. The lowest BCUT2D eigenvalue weighted by atomic mass is 10.1. The molecule has 0 radical (unpaired) electrons. The normalized spacial score (nSPS) is 10.8. The molecule has 0 fully saturated rings. The predicted octanol–water partition coefficient (Wildman–Crippen LogP) is 5.27. The van der Waals surface area contributed by atoms with Gasteiger partial charge in [-0.3, -0.25) is 9.36 Å². The van der Waals surface area contributed by atoms with Crippen LogP contribution in [0.4, 0.5) is 5.69 Å². The van der Waals surface area contributed by atoms with Crippen LogP contribution in [0.2, 0.25) is 0 Å². The van der Waals surface area contributed by atoms with Crippen molar-refractivity contribution in [1.82, 2.24) is 14.8 Å². The van der Waals surface area contributed by atoms with E-state index in [1.54, 1.807) is 12.3 Å². The quantitative estimate of drug-likeness (QED) is 0.370. The van der Waals surface area contributed by atoms with Crippen molar-refractivity contribution in [1.29, 1.82) is 0 Å². The number of nitrogens with zero attached hydrogens (tertiary/aromatic N) is 3. The average molecular weight is 449 g/mol. The van der Waals surface area contributed by atoms with Gasteiger partial charge in [0.25, 0.3) is 0 Å². The van der Waals surface area contributed by atoms with E-state index in [2.05, 4.69) is 15.5 Å². The van der Waals surface area contributed by atoms with Gasteiger partial charge in [0.1, 0.15) is 5.75 Å². The number of hydrogen-bond acceptors (Lipinski definition) is 6. The molecule has 1 amide bonds. The standard InChI is InChI=1S/C24H24N4O3S/c1-4-30-20-11-9-19(10-12-20)28-23(21-6-5-13-31-21)26-27-24(28)32-15-22(29)25-18-8-7-16(2)17(3)14-18/h5-14H,4,15H2,1-3H3,(H,25,29). The summed E-state index contributed by atoms with van der Waals surface area (Å²) in [5, 5.41) is 12.2. The maximum absolute atomic E-state index is 12.6. The highest BCUT2D eigenvalue weighted by Gasteiger charge is 2.19. The SMILES string of the molecule is CCOc1ccc(-n2c(SCC(=O)Nc3ccc(C)c(C)c3)nnc2-c2ccco2)cc1. The van der Waals surface area contributed by atoms with Crippen LogP contribution in [0.3, 0.4) is 0 Å². The fourth-order valence-corrected chi connectivity index (χ4v) is 3.92. The summed E-state index contributed by atoms with van der Waals surface area (Å²) in [6.07, 6.45) is 1.59. The van der Waals surface area contributed by atoms with Gasteiger partial charge in [0, 0.05) is 5.69 Å². The Morgan fingerprint density at radius 1 is 1.09 bits per heavy atom. The van der Waals surface area contributed by atoms with E-state index >= 15 is 0 Å². The summed E-state index contributed by atoms with van der Waals surface area (Å²) in [4.78, 5) is 12.6. The number of amides is 1. The van der Waals surface area contributed by atoms with Crippen LogP contribution in [0, 0.1) is 13.8 Å². The minimum Gasteiger partial charge on any atom is -0.494 e. The predicted molar refractivity (Wildman–Crippen MR) is 125 cm³/mol. The number of hydrogen-bond donors (Lipinski definition) is 1. The first-order chi connectivity index (χ1) is 15.5. The van der Waals surface area contributed by atoms with Gasteiger partial charge in [0.2, 0.25) is 11.7 Å². The van der Waals surface area contributed by atoms with Crippen LogP contribution in [0.5, 0.6) is 5.75 Å². The van der Waals surface area contributed by atoms with Crippen molar-refractivity contribution in [3.05, 3.63) is 72.0 Å². The number of aromatic nitrogens is 3. The molecule has 0 aliphatic heterocycles. The van der Waals surface area contributed by atoms with Crippen molar-refractivity contribution in [3.8, 4) is 23.0 Å². The molecule has 2 heterocycles. The molecule has 4 aromatic rings. The summed E-state index contributed by atoms with van der Waals surface area (Å²) >= 11 is 1.31. The lowest BCUT2D eigenvalue weighted by Crippen LogP contribution is -2.14. The molecule has 164 valence electrons. The lowest BCUT2D eigenvalue weighted by Gasteiger charge is -2.11. The largest absolute Gasteiger partial charge is 0.494 e. The van der Waals surface area contributed by atoms with Gasteiger partial charge in [-0.1, -0.05) is 17.8 Å². The Bertz CT molecular complexity index is 1200. The van der Waals surface area contributed by atoms with E-state index in [0.29, 0.717) is 23.3 Å². The molecule has 8 heteroatoms. The molecule has 0 spiro atoms.